The van der Waals surface area contributed by atoms with Crippen LogP contribution in [0.4, 0.5) is 0 Å². The molecular weight excluding hydrogens is 725 g/mol. The minimum Gasteiger partial charge on any atom is -0.310 e. The van der Waals surface area contributed by atoms with E-state index in [0.29, 0.717) is 0 Å². The zero-order valence-corrected chi connectivity index (χ0v) is 34.0. The van der Waals surface area contributed by atoms with Gasteiger partial charge in [0.25, 0.3) is 0 Å². The lowest BCUT2D eigenvalue weighted by molar-refractivity contribution is 0.869. The van der Waals surface area contributed by atoms with E-state index < -0.39 is 0 Å². The van der Waals surface area contributed by atoms with Crippen molar-refractivity contribution in [2.24, 2.45) is 0 Å². The van der Waals surface area contributed by atoms with Gasteiger partial charge in [0.2, 0.25) is 0 Å². The SMILES string of the molecule is CC1=C(C2=Cc3c(c4c5ccccc5ccc4n3-c3ccc(-c4ccc(-n5c6cc(-c7ccccc7C)ccc6c6c7ccccc7ccc65)cc4)cc3)CC2)CCC=C1. The number of aryl methyl sites for hydroxylation is 2. The fourth-order valence-corrected chi connectivity index (χ4v) is 10.5. The Morgan fingerprint density at radius 2 is 1.08 bits per heavy atom. The molecule has 0 unspecified atom stereocenters. The standard InChI is InChI=1S/C58H44N2/c1-37-11-3-7-15-47(37)43-23-31-51-55(35-43)59(53-33-25-41-13-5-9-17-49(41)57(51)53)45-27-19-39(20-28-45)40-21-29-46(30-22-40)60-54-34-26-42-14-6-10-18-50(42)58(54)52-32-24-44(36-56(52)60)48-16-8-4-12-38(48)2/h3-7,9-15,17-23,25-31,33-36H,8,16,24,32H2,1-2H3. The number of benzene rings is 8. The van der Waals surface area contributed by atoms with Gasteiger partial charge in [-0.15, -0.1) is 0 Å². The van der Waals surface area contributed by atoms with Gasteiger partial charge in [0.1, 0.15) is 0 Å². The maximum Gasteiger partial charge on any atom is 0.0547 e. The molecule has 2 heteroatoms. The van der Waals surface area contributed by atoms with E-state index in [-0.39, 0.29) is 0 Å². The van der Waals surface area contributed by atoms with Crippen LogP contribution in [0.1, 0.15) is 43.0 Å². The van der Waals surface area contributed by atoms with Gasteiger partial charge in [-0.1, -0.05) is 133 Å². The van der Waals surface area contributed by atoms with Crippen LogP contribution in [0.25, 0.3) is 94.0 Å². The number of aromatic nitrogens is 2. The second-order valence-corrected chi connectivity index (χ2v) is 16.8. The van der Waals surface area contributed by atoms with Crippen molar-refractivity contribution in [2.45, 2.75) is 39.5 Å². The smallest absolute Gasteiger partial charge is 0.0547 e. The normalized spacial score (nSPS) is 14.2. The van der Waals surface area contributed by atoms with Crippen molar-refractivity contribution in [2.75, 3.05) is 0 Å². The average Bonchev–Trinajstić information content (AvgIpc) is 3.82. The molecule has 2 heterocycles. The summed E-state index contributed by atoms with van der Waals surface area (Å²) < 4.78 is 4.98. The van der Waals surface area contributed by atoms with Crippen LogP contribution in [0.5, 0.6) is 0 Å². The van der Waals surface area contributed by atoms with Gasteiger partial charge in [-0.05, 0) is 160 Å². The van der Waals surface area contributed by atoms with Gasteiger partial charge in [-0.3, -0.25) is 0 Å². The van der Waals surface area contributed by atoms with Crippen molar-refractivity contribution in [1.82, 2.24) is 9.13 Å². The molecule has 0 saturated carbocycles. The molecule has 0 radical (unpaired) electrons. The molecule has 0 bridgehead atoms. The summed E-state index contributed by atoms with van der Waals surface area (Å²) >= 11 is 0. The lowest BCUT2D eigenvalue weighted by atomic mass is 9.85. The molecule has 8 aromatic carbocycles. The highest BCUT2D eigenvalue weighted by Crippen LogP contribution is 2.43. The number of hydrogen-bond donors (Lipinski definition) is 0. The highest BCUT2D eigenvalue weighted by atomic mass is 15.0. The third-order valence-corrected chi connectivity index (χ3v) is 13.4. The van der Waals surface area contributed by atoms with Gasteiger partial charge in [-0.25, -0.2) is 0 Å². The molecule has 60 heavy (non-hydrogen) atoms. The highest BCUT2D eigenvalue weighted by Gasteiger charge is 2.25. The minimum absolute atomic E-state index is 1.05. The molecule has 10 aromatic rings. The largest absolute Gasteiger partial charge is 0.310 e. The predicted octanol–water partition coefficient (Wildman–Crippen LogP) is 15.7. The lowest BCUT2D eigenvalue weighted by Crippen LogP contribution is -2.06. The first-order chi connectivity index (χ1) is 29.6. The summed E-state index contributed by atoms with van der Waals surface area (Å²) in [5, 5.41) is 9.17. The Morgan fingerprint density at radius 1 is 0.467 bits per heavy atom. The first-order valence-corrected chi connectivity index (χ1v) is 21.4. The topological polar surface area (TPSA) is 9.86 Å². The molecule has 0 fully saturated rings. The van der Waals surface area contributed by atoms with Gasteiger partial charge in [0.05, 0.1) is 22.2 Å². The fourth-order valence-electron chi connectivity index (χ4n) is 10.5. The summed E-state index contributed by atoms with van der Waals surface area (Å²) in [4.78, 5) is 0. The maximum atomic E-state index is 2.52. The van der Waals surface area contributed by atoms with E-state index in [1.54, 1.807) is 0 Å². The summed E-state index contributed by atoms with van der Waals surface area (Å²) in [5.74, 6) is 0. The zero-order chi connectivity index (χ0) is 39.9. The lowest BCUT2D eigenvalue weighted by Gasteiger charge is -2.22. The molecule has 286 valence electrons. The summed E-state index contributed by atoms with van der Waals surface area (Å²) in [6, 6.07) is 61.0. The summed E-state index contributed by atoms with van der Waals surface area (Å²) in [5.41, 5.74) is 19.5. The monoisotopic (exact) mass is 768 g/mol. The number of allylic oxidation sites excluding steroid dienone is 5. The van der Waals surface area contributed by atoms with Crippen LogP contribution in [0.15, 0.2) is 193 Å². The second kappa shape index (κ2) is 13.7. The Hall–Kier alpha value is -7.16. The van der Waals surface area contributed by atoms with Crippen molar-refractivity contribution in [3.8, 4) is 33.6 Å². The third kappa shape index (κ3) is 5.41. The quantitative estimate of drug-likeness (QED) is 0.165. The van der Waals surface area contributed by atoms with Crippen LogP contribution in [0.3, 0.4) is 0 Å². The minimum atomic E-state index is 1.05. The Kier molecular flexibility index (Phi) is 7.96. The van der Waals surface area contributed by atoms with Gasteiger partial charge in [-0.2, -0.15) is 0 Å². The van der Waals surface area contributed by atoms with Crippen molar-refractivity contribution in [1.29, 1.82) is 0 Å². The number of fused-ring (bicyclic) bond motifs is 10. The maximum absolute atomic E-state index is 2.52. The average molecular weight is 769 g/mol. The first kappa shape index (κ1) is 34.8. The molecule has 12 rings (SSSR count). The number of rotatable bonds is 5. The highest BCUT2D eigenvalue weighted by molar-refractivity contribution is 6.21. The molecule has 0 saturated heterocycles. The van der Waals surface area contributed by atoms with E-state index in [0.717, 1.165) is 31.4 Å². The fraction of sp³-hybridized carbons (Fsp3) is 0.103. The van der Waals surface area contributed by atoms with Crippen molar-refractivity contribution in [3.63, 3.8) is 0 Å². The summed E-state index contributed by atoms with van der Waals surface area (Å²) in [7, 11) is 0. The zero-order valence-electron chi connectivity index (χ0n) is 34.0. The van der Waals surface area contributed by atoms with Crippen LogP contribution in [-0.4, -0.2) is 9.13 Å². The molecule has 0 N–H and O–H groups in total. The summed E-state index contributed by atoms with van der Waals surface area (Å²) in [6.45, 7) is 4.48. The van der Waals surface area contributed by atoms with E-state index in [1.807, 2.05) is 0 Å². The molecule has 0 atom stereocenters. The van der Waals surface area contributed by atoms with Crippen LogP contribution in [0.2, 0.25) is 0 Å². The number of hydrogen-bond acceptors (Lipinski definition) is 0. The predicted molar refractivity (Wildman–Crippen MR) is 256 cm³/mol. The van der Waals surface area contributed by atoms with Crippen LogP contribution >= 0.6 is 0 Å². The van der Waals surface area contributed by atoms with Crippen molar-refractivity contribution in [3.05, 3.63) is 209 Å². The first-order valence-electron chi connectivity index (χ1n) is 21.4. The Labute approximate surface area is 350 Å². The Morgan fingerprint density at radius 3 is 1.78 bits per heavy atom. The van der Waals surface area contributed by atoms with Gasteiger partial charge in [0.15, 0.2) is 0 Å². The molecule has 0 spiro atoms. The van der Waals surface area contributed by atoms with Crippen molar-refractivity contribution < 1.29 is 0 Å². The molecule has 2 aliphatic rings. The van der Waals surface area contributed by atoms with E-state index in [2.05, 4.69) is 205 Å². The van der Waals surface area contributed by atoms with Gasteiger partial charge < -0.3 is 9.13 Å². The molecule has 2 aromatic heterocycles. The Bertz CT molecular complexity index is 3470. The third-order valence-electron chi connectivity index (χ3n) is 13.4. The van der Waals surface area contributed by atoms with Crippen molar-refractivity contribution >= 4 is 60.3 Å². The molecule has 0 amide bonds. The van der Waals surface area contributed by atoms with E-state index in [1.165, 1.54) is 116 Å². The van der Waals surface area contributed by atoms with Crippen LogP contribution in [0, 0.1) is 6.92 Å². The molecule has 2 aliphatic carbocycles. The van der Waals surface area contributed by atoms with E-state index in [9.17, 15) is 0 Å². The molecule has 2 nitrogen and oxygen atoms in total. The van der Waals surface area contributed by atoms with E-state index in [4.69, 9.17) is 0 Å². The van der Waals surface area contributed by atoms with Gasteiger partial charge >= 0.3 is 0 Å². The Balaban J connectivity index is 0.965. The van der Waals surface area contributed by atoms with E-state index >= 15 is 0 Å². The summed E-state index contributed by atoms with van der Waals surface area (Å²) in [6.07, 6.45) is 11.5. The number of nitrogens with zero attached hydrogens (tertiary/aromatic N) is 2. The van der Waals surface area contributed by atoms with Crippen LogP contribution < -0.4 is 0 Å². The molecular formula is C58H44N2. The molecule has 0 aliphatic heterocycles. The van der Waals surface area contributed by atoms with Crippen LogP contribution in [-0.2, 0) is 6.42 Å². The second-order valence-electron chi connectivity index (χ2n) is 16.8. The van der Waals surface area contributed by atoms with Gasteiger partial charge in [0, 0.05) is 27.5 Å².